The average molecular weight is 321 g/mol. The van der Waals surface area contributed by atoms with Gasteiger partial charge in [0.1, 0.15) is 0 Å². The third-order valence-electron chi connectivity index (χ3n) is 3.97. The topological polar surface area (TPSA) is 41.6 Å². The molecular weight excluding hydrogens is 308 g/mol. The summed E-state index contributed by atoms with van der Waals surface area (Å²) in [6, 6.07) is 11.7. The summed E-state index contributed by atoms with van der Waals surface area (Å²) < 4.78 is 26.9. The summed E-state index contributed by atoms with van der Waals surface area (Å²) in [5, 5.41) is 7.91. The zero-order chi connectivity index (χ0) is 16.7. The van der Waals surface area contributed by atoms with Crippen molar-refractivity contribution in [3.63, 3.8) is 0 Å². The van der Waals surface area contributed by atoms with Crippen LogP contribution in [0.2, 0.25) is 0 Å². The van der Waals surface area contributed by atoms with E-state index in [2.05, 4.69) is 15.2 Å². The Kier molecular flexibility index (Phi) is 3.34. The number of fused-ring (bicyclic) bond motifs is 1. The van der Waals surface area contributed by atoms with Crippen LogP contribution in [-0.2, 0) is 0 Å². The van der Waals surface area contributed by atoms with E-state index in [0.29, 0.717) is 11.3 Å². The zero-order valence-corrected chi connectivity index (χ0v) is 12.8. The van der Waals surface area contributed by atoms with Gasteiger partial charge in [-0.05, 0) is 54.4 Å². The van der Waals surface area contributed by atoms with Crippen LogP contribution in [0.15, 0.2) is 54.9 Å². The molecule has 0 saturated heterocycles. The molecule has 0 spiro atoms. The molecule has 0 unspecified atom stereocenters. The maximum Gasteiger partial charge on any atom is 0.159 e. The van der Waals surface area contributed by atoms with Crippen molar-refractivity contribution in [3.8, 4) is 22.4 Å². The highest BCUT2D eigenvalue weighted by molar-refractivity contribution is 5.88. The number of halogens is 2. The van der Waals surface area contributed by atoms with Crippen LogP contribution < -0.4 is 0 Å². The number of aromatic amines is 1. The molecule has 0 aliphatic rings. The van der Waals surface area contributed by atoms with Crippen LogP contribution in [-0.4, -0.2) is 15.2 Å². The molecule has 0 aliphatic carbocycles. The van der Waals surface area contributed by atoms with E-state index < -0.39 is 11.6 Å². The number of hydrogen-bond donors (Lipinski definition) is 1. The molecule has 4 aromatic rings. The Morgan fingerprint density at radius 1 is 0.875 bits per heavy atom. The molecule has 2 heterocycles. The third kappa shape index (κ3) is 2.44. The third-order valence-corrected chi connectivity index (χ3v) is 3.97. The van der Waals surface area contributed by atoms with E-state index in [-0.39, 0.29) is 0 Å². The second kappa shape index (κ2) is 5.53. The maximum atomic E-state index is 13.6. The Labute approximate surface area is 137 Å². The number of hydrogen-bond acceptors (Lipinski definition) is 2. The van der Waals surface area contributed by atoms with E-state index in [1.165, 1.54) is 12.1 Å². The Morgan fingerprint density at radius 2 is 1.71 bits per heavy atom. The molecule has 0 aliphatic heterocycles. The molecule has 0 amide bonds. The maximum absolute atomic E-state index is 13.6. The Morgan fingerprint density at radius 3 is 2.54 bits per heavy atom. The molecule has 0 bridgehead atoms. The van der Waals surface area contributed by atoms with E-state index in [9.17, 15) is 8.78 Å². The molecule has 0 atom stereocenters. The van der Waals surface area contributed by atoms with E-state index in [4.69, 9.17) is 0 Å². The summed E-state index contributed by atoms with van der Waals surface area (Å²) in [5.74, 6) is -1.75. The molecule has 5 heteroatoms. The van der Waals surface area contributed by atoms with Crippen molar-refractivity contribution in [1.82, 2.24) is 15.2 Å². The lowest BCUT2D eigenvalue weighted by Gasteiger charge is -2.11. The van der Waals surface area contributed by atoms with Gasteiger partial charge in [-0.1, -0.05) is 6.07 Å². The smallest absolute Gasteiger partial charge is 0.159 e. The molecule has 0 fully saturated rings. The fraction of sp³-hybridized carbons (Fsp3) is 0.0526. The van der Waals surface area contributed by atoms with E-state index in [0.717, 1.165) is 33.7 Å². The molecule has 0 radical (unpaired) electrons. The minimum absolute atomic E-state index is 0.538. The van der Waals surface area contributed by atoms with Crippen LogP contribution in [0.25, 0.3) is 33.3 Å². The number of aryl methyl sites for hydroxylation is 1. The first kappa shape index (κ1) is 14.5. The van der Waals surface area contributed by atoms with Crippen molar-refractivity contribution < 1.29 is 8.78 Å². The summed E-state index contributed by atoms with van der Waals surface area (Å²) in [6.07, 6.45) is 3.47. The first-order valence-corrected chi connectivity index (χ1v) is 7.47. The van der Waals surface area contributed by atoms with Gasteiger partial charge in [0.05, 0.1) is 17.4 Å². The van der Waals surface area contributed by atoms with Crippen LogP contribution in [0.1, 0.15) is 5.56 Å². The highest BCUT2D eigenvalue weighted by Gasteiger charge is 2.13. The van der Waals surface area contributed by atoms with Crippen LogP contribution in [0, 0.1) is 18.6 Å². The van der Waals surface area contributed by atoms with Gasteiger partial charge < -0.3 is 0 Å². The van der Waals surface area contributed by atoms with Gasteiger partial charge in [-0.25, -0.2) is 8.78 Å². The first-order chi connectivity index (χ1) is 11.6. The number of pyridine rings is 1. The normalized spacial score (nSPS) is 11.1. The summed E-state index contributed by atoms with van der Waals surface area (Å²) in [5.41, 5.74) is 4.89. The molecule has 2 aromatic carbocycles. The van der Waals surface area contributed by atoms with Crippen molar-refractivity contribution in [2.24, 2.45) is 0 Å². The number of aromatic nitrogens is 3. The van der Waals surface area contributed by atoms with Crippen LogP contribution in [0.5, 0.6) is 0 Å². The van der Waals surface area contributed by atoms with Crippen molar-refractivity contribution in [2.45, 2.75) is 6.92 Å². The van der Waals surface area contributed by atoms with E-state index in [1.54, 1.807) is 12.4 Å². The van der Waals surface area contributed by atoms with Crippen molar-refractivity contribution in [3.05, 3.63) is 72.1 Å². The molecule has 24 heavy (non-hydrogen) atoms. The van der Waals surface area contributed by atoms with Crippen LogP contribution in [0.4, 0.5) is 8.78 Å². The SMILES string of the molecule is Cc1cnc(-c2ccc(F)c(F)c2)c(-c2ccc3[nH]ncc3c2)c1. The lowest BCUT2D eigenvalue weighted by molar-refractivity contribution is 0.509. The standard InChI is InChI=1S/C19H13F2N3/c1-11-6-15(12-3-5-18-14(7-12)10-23-24-18)19(22-9-11)13-2-4-16(20)17(21)8-13/h2-10H,1H3,(H,23,24). The molecule has 0 saturated carbocycles. The van der Waals surface area contributed by atoms with Gasteiger partial charge in [-0.15, -0.1) is 0 Å². The van der Waals surface area contributed by atoms with Crippen molar-refractivity contribution >= 4 is 10.9 Å². The Hall–Kier alpha value is -3.08. The van der Waals surface area contributed by atoms with Gasteiger partial charge in [0, 0.05) is 22.7 Å². The number of nitrogens with one attached hydrogen (secondary N) is 1. The van der Waals surface area contributed by atoms with Gasteiger partial charge in [-0.3, -0.25) is 10.1 Å². The van der Waals surface area contributed by atoms with Crippen LogP contribution in [0.3, 0.4) is 0 Å². The highest BCUT2D eigenvalue weighted by Crippen LogP contribution is 2.33. The van der Waals surface area contributed by atoms with Crippen LogP contribution >= 0.6 is 0 Å². The summed E-state index contributed by atoms with van der Waals surface area (Å²) in [7, 11) is 0. The molecular formula is C19H13F2N3. The lowest BCUT2D eigenvalue weighted by Crippen LogP contribution is -1.93. The number of benzene rings is 2. The fourth-order valence-corrected chi connectivity index (χ4v) is 2.77. The molecule has 2 aromatic heterocycles. The van der Waals surface area contributed by atoms with Gasteiger partial charge in [0.25, 0.3) is 0 Å². The Bertz CT molecular complexity index is 1050. The minimum Gasteiger partial charge on any atom is -0.278 e. The van der Waals surface area contributed by atoms with Gasteiger partial charge in [0.15, 0.2) is 11.6 Å². The molecule has 4 rings (SSSR count). The van der Waals surface area contributed by atoms with Gasteiger partial charge in [0.2, 0.25) is 0 Å². The molecule has 1 N–H and O–H groups in total. The molecule has 118 valence electrons. The predicted octanol–water partition coefficient (Wildman–Crippen LogP) is 4.88. The second-order valence-corrected chi connectivity index (χ2v) is 5.71. The summed E-state index contributed by atoms with van der Waals surface area (Å²) in [4.78, 5) is 4.45. The largest absolute Gasteiger partial charge is 0.278 e. The average Bonchev–Trinajstić information content (AvgIpc) is 3.05. The molecule has 3 nitrogen and oxygen atoms in total. The monoisotopic (exact) mass is 321 g/mol. The second-order valence-electron chi connectivity index (χ2n) is 5.71. The first-order valence-electron chi connectivity index (χ1n) is 7.47. The van der Waals surface area contributed by atoms with Gasteiger partial charge >= 0.3 is 0 Å². The lowest BCUT2D eigenvalue weighted by atomic mass is 9.97. The van der Waals surface area contributed by atoms with E-state index >= 15 is 0 Å². The Balaban J connectivity index is 1.93. The number of nitrogens with zero attached hydrogens (tertiary/aromatic N) is 2. The minimum atomic E-state index is -0.883. The summed E-state index contributed by atoms with van der Waals surface area (Å²) >= 11 is 0. The van der Waals surface area contributed by atoms with Gasteiger partial charge in [-0.2, -0.15) is 5.10 Å². The van der Waals surface area contributed by atoms with E-state index in [1.807, 2.05) is 31.2 Å². The summed E-state index contributed by atoms with van der Waals surface area (Å²) in [6.45, 7) is 1.95. The number of rotatable bonds is 2. The predicted molar refractivity (Wildman–Crippen MR) is 89.4 cm³/mol. The number of H-pyrrole nitrogens is 1. The highest BCUT2D eigenvalue weighted by atomic mass is 19.2. The fourth-order valence-electron chi connectivity index (χ4n) is 2.77. The van der Waals surface area contributed by atoms with Crippen molar-refractivity contribution in [2.75, 3.05) is 0 Å². The quantitative estimate of drug-likeness (QED) is 0.572. The van der Waals surface area contributed by atoms with Crippen molar-refractivity contribution in [1.29, 1.82) is 0 Å². The zero-order valence-electron chi connectivity index (χ0n) is 12.8.